The van der Waals surface area contributed by atoms with Crippen LogP contribution in [-0.4, -0.2) is 39.3 Å². The third kappa shape index (κ3) is 5.11. The zero-order valence-corrected chi connectivity index (χ0v) is 17.8. The number of hydrogen-bond donors (Lipinski definition) is 1. The molecule has 0 aliphatic carbocycles. The van der Waals surface area contributed by atoms with Gasteiger partial charge in [-0.1, -0.05) is 25.1 Å². The number of methoxy groups -OCH3 is 1. The monoisotopic (exact) mass is 404 g/mol. The van der Waals surface area contributed by atoms with Crippen molar-refractivity contribution in [1.29, 1.82) is 0 Å². The van der Waals surface area contributed by atoms with Crippen molar-refractivity contribution in [2.75, 3.05) is 20.7 Å². The lowest BCUT2D eigenvalue weighted by Crippen LogP contribution is -2.39. The normalized spacial score (nSPS) is 12.6. The number of sulfonamides is 1. The van der Waals surface area contributed by atoms with Crippen LogP contribution in [0.1, 0.15) is 36.1 Å². The number of benzene rings is 2. The van der Waals surface area contributed by atoms with Gasteiger partial charge >= 0.3 is 0 Å². The van der Waals surface area contributed by atoms with Crippen LogP contribution in [0.5, 0.6) is 5.75 Å². The maximum absolute atomic E-state index is 12.7. The van der Waals surface area contributed by atoms with Crippen molar-refractivity contribution in [3.8, 4) is 5.75 Å². The van der Waals surface area contributed by atoms with Gasteiger partial charge in [-0.15, -0.1) is 0 Å². The second-order valence-corrected chi connectivity index (χ2v) is 8.85. The summed E-state index contributed by atoms with van der Waals surface area (Å²) in [6, 6.07) is 12.0. The van der Waals surface area contributed by atoms with Crippen molar-refractivity contribution >= 4 is 15.9 Å². The minimum Gasteiger partial charge on any atom is -0.497 e. The number of amides is 1. The van der Waals surface area contributed by atoms with Crippen LogP contribution in [-0.2, 0) is 14.8 Å². The highest BCUT2D eigenvalue weighted by Crippen LogP contribution is 2.21. The summed E-state index contributed by atoms with van der Waals surface area (Å²) in [5.74, 6) is 0.225. The van der Waals surface area contributed by atoms with Crippen LogP contribution in [0.2, 0.25) is 0 Å². The first kappa shape index (κ1) is 21.9. The van der Waals surface area contributed by atoms with Crippen LogP contribution in [0, 0.1) is 13.8 Å². The number of rotatable bonds is 8. The largest absolute Gasteiger partial charge is 0.497 e. The Labute approximate surface area is 167 Å². The Balaban J connectivity index is 2.08. The van der Waals surface area contributed by atoms with Crippen LogP contribution in [0.3, 0.4) is 0 Å². The molecular weight excluding hydrogens is 376 g/mol. The molecule has 0 saturated carbocycles. The highest BCUT2D eigenvalue weighted by atomic mass is 32.2. The molecule has 6 nitrogen and oxygen atoms in total. The average Bonchev–Trinajstić information content (AvgIpc) is 2.68. The molecular formula is C21H28N2O4S. The van der Waals surface area contributed by atoms with Crippen LogP contribution in [0.25, 0.3) is 0 Å². The Kier molecular flexibility index (Phi) is 7.21. The molecule has 1 atom stereocenters. The average molecular weight is 405 g/mol. The quantitative estimate of drug-likeness (QED) is 0.733. The van der Waals surface area contributed by atoms with Crippen molar-refractivity contribution in [3.05, 3.63) is 59.2 Å². The molecule has 0 saturated heterocycles. The van der Waals surface area contributed by atoms with Gasteiger partial charge in [0.2, 0.25) is 15.9 Å². The van der Waals surface area contributed by atoms with E-state index in [2.05, 4.69) is 11.4 Å². The summed E-state index contributed by atoms with van der Waals surface area (Å²) >= 11 is 0. The van der Waals surface area contributed by atoms with Crippen LogP contribution < -0.4 is 10.1 Å². The minimum absolute atomic E-state index is 0.116. The zero-order valence-electron chi connectivity index (χ0n) is 17.0. The highest BCUT2D eigenvalue weighted by Gasteiger charge is 2.24. The fourth-order valence-corrected chi connectivity index (χ4v) is 3.98. The van der Waals surface area contributed by atoms with E-state index in [1.54, 1.807) is 12.1 Å². The minimum atomic E-state index is -3.76. The van der Waals surface area contributed by atoms with Gasteiger partial charge in [-0.25, -0.2) is 8.42 Å². The summed E-state index contributed by atoms with van der Waals surface area (Å²) in [4.78, 5) is 12.6. The maximum Gasteiger partial charge on any atom is 0.243 e. The summed E-state index contributed by atoms with van der Waals surface area (Å²) in [5, 5.41) is 2.94. The fraction of sp³-hybridized carbons (Fsp3) is 0.381. The number of carbonyl (C=O) groups excluding carboxylic acids is 1. The molecule has 2 rings (SSSR count). The van der Waals surface area contributed by atoms with Crippen LogP contribution >= 0.6 is 0 Å². The first-order chi connectivity index (χ1) is 13.2. The molecule has 7 heteroatoms. The molecule has 0 unspecified atom stereocenters. The maximum atomic E-state index is 12.7. The Morgan fingerprint density at radius 2 is 1.75 bits per heavy atom. The summed E-state index contributed by atoms with van der Waals surface area (Å²) in [6.07, 6.45) is 0.711. The van der Waals surface area contributed by atoms with E-state index in [-0.39, 0.29) is 23.4 Å². The number of ether oxygens (including phenoxy) is 1. The van der Waals surface area contributed by atoms with Crippen molar-refractivity contribution in [1.82, 2.24) is 9.62 Å². The van der Waals surface area contributed by atoms with E-state index in [0.29, 0.717) is 12.2 Å². The van der Waals surface area contributed by atoms with Crippen LogP contribution in [0.15, 0.2) is 47.4 Å². The number of carbonyl (C=O) groups is 1. The third-order valence-electron chi connectivity index (χ3n) is 4.81. The van der Waals surface area contributed by atoms with E-state index < -0.39 is 10.0 Å². The Morgan fingerprint density at radius 3 is 2.29 bits per heavy atom. The first-order valence-electron chi connectivity index (χ1n) is 9.16. The molecule has 1 amide bonds. The van der Waals surface area contributed by atoms with Gasteiger partial charge in [-0.3, -0.25) is 4.79 Å². The van der Waals surface area contributed by atoms with Crippen molar-refractivity contribution in [2.24, 2.45) is 0 Å². The van der Waals surface area contributed by atoms with E-state index in [4.69, 9.17) is 4.74 Å². The molecule has 0 aliphatic rings. The predicted octanol–water partition coefficient (Wildman–Crippen LogP) is 3.20. The number of likely N-dealkylation sites (N-methyl/N-ethyl adjacent to an activating group) is 1. The molecule has 2 aromatic rings. The van der Waals surface area contributed by atoms with E-state index in [1.165, 1.54) is 31.9 Å². The lowest BCUT2D eigenvalue weighted by molar-refractivity contribution is -0.121. The zero-order chi connectivity index (χ0) is 20.9. The Bertz CT molecular complexity index is 924. The highest BCUT2D eigenvalue weighted by molar-refractivity contribution is 7.89. The molecule has 1 N–H and O–H groups in total. The molecule has 0 aliphatic heterocycles. The second-order valence-electron chi connectivity index (χ2n) is 6.81. The van der Waals surface area contributed by atoms with E-state index in [9.17, 15) is 13.2 Å². The molecule has 2 aromatic carbocycles. The molecule has 0 spiro atoms. The lowest BCUT2D eigenvalue weighted by atomic mass is 9.99. The van der Waals surface area contributed by atoms with E-state index in [1.807, 2.05) is 32.9 Å². The Morgan fingerprint density at radius 1 is 1.11 bits per heavy atom. The second kappa shape index (κ2) is 9.21. The van der Waals surface area contributed by atoms with Gasteiger partial charge < -0.3 is 10.1 Å². The lowest BCUT2D eigenvalue weighted by Gasteiger charge is -2.21. The summed E-state index contributed by atoms with van der Waals surface area (Å²) < 4.78 is 31.5. The topological polar surface area (TPSA) is 75.7 Å². The molecule has 0 radical (unpaired) electrons. The number of hydrogen-bond acceptors (Lipinski definition) is 4. The molecule has 0 aromatic heterocycles. The van der Waals surface area contributed by atoms with Crippen molar-refractivity contribution in [3.63, 3.8) is 0 Å². The summed E-state index contributed by atoms with van der Waals surface area (Å²) in [7, 11) is -0.849. The molecule has 0 heterocycles. The number of nitrogens with one attached hydrogen (secondary N) is 1. The first-order valence-corrected chi connectivity index (χ1v) is 10.6. The van der Waals surface area contributed by atoms with Crippen molar-refractivity contribution < 1.29 is 17.9 Å². The smallest absolute Gasteiger partial charge is 0.243 e. The predicted molar refractivity (Wildman–Crippen MR) is 110 cm³/mol. The van der Waals surface area contributed by atoms with Gasteiger partial charge in [0.25, 0.3) is 0 Å². The fourth-order valence-electron chi connectivity index (χ4n) is 2.86. The number of aryl methyl sites for hydroxylation is 2. The molecule has 0 bridgehead atoms. The van der Waals surface area contributed by atoms with Crippen LogP contribution in [0.4, 0.5) is 0 Å². The summed E-state index contributed by atoms with van der Waals surface area (Å²) in [5.41, 5.74) is 3.36. The van der Waals surface area contributed by atoms with Gasteiger partial charge in [-0.05, 0) is 61.2 Å². The SMILES string of the molecule is CC[C@H](NC(=O)CN(C)S(=O)(=O)c1ccc(OC)cc1)c1ccc(C)c(C)c1. The van der Waals surface area contributed by atoms with E-state index >= 15 is 0 Å². The van der Waals surface area contributed by atoms with E-state index in [0.717, 1.165) is 15.4 Å². The van der Waals surface area contributed by atoms with Gasteiger partial charge in [0.05, 0.1) is 24.6 Å². The molecule has 28 heavy (non-hydrogen) atoms. The Hall–Kier alpha value is -2.38. The van der Waals surface area contributed by atoms with Gasteiger partial charge in [0.15, 0.2) is 0 Å². The molecule has 152 valence electrons. The standard InChI is InChI=1S/C21H28N2O4S/c1-6-20(17-8-7-15(2)16(3)13-17)22-21(24)14-23(4)28(25,26)19-11-9-18(27-5)10-12-19/h7-13,20H,6,14H2,1-5H3,(H,22,24)/t20-/m0/s1. The van der Waals surface area contributed by atoms with Crippen molar-refractivity contribution in [2.45, 2.75) is 38.1 Å². The third-order valence-corrected chi connectivity index (χ3v) is 6.63. The number of nitrogens with zero attached hydrogens (tertiary/aromatic N) is 1. The van der Waals surface area contributed by atoms with Gasteiger partial charge in [0.1, 0.15) is 5.75 Å². The summed E-state index contributed by atoms with van der Waals surface area (Å²) in [6.45, 7) is 5.80. The molecule has 0 fully saturated rings. The van der Waals surface area contributed by atoms with Gasteiger partial charge in [0, 0.05) is 7.05 Å². The van der Waals surface area contributed by atoms with Gasteiger partial charge in [-0.2, -0.15) is 4.31 Å².